The fourth-order valence-electron chi connectivity index (χ4n) is 1.50. The van der Waals surface area contributed by atoms with Gasteiger partial charge < -0.3 is 9.84 Å². The first-order chi connectivity index (χ1) is 5.74. The topological polar surface area (TPSA) is 32.7 Å². The molecular formula is C8H16INO2. The molecule has 0 bridgehead atoms. The van der Waals surface area contributed by atoms with Gasteiger partial charge in [0.05, 0.1) is 0 Å². The highest BCUT2D eigenvalue weighted by Gasteiger charge is 2.24. The number of rotatable bonds is 3. The molecule has 3 nitrogen and oxygen atoms in total. The molecule has 1 aliphatic heterocycles. The third-order valence-corrected chi connectivity index (χ3v) is 3.03. The monoisotopic (exact) mass is 285 g/mol. The van der Waals surface area contributed by atoms with E-state index in [1.54, 1.807) is 0 Å². The Bertz CT molecular complexity index is 134. The van der Waals surface area contributed by atoms with Crippen LogP contribution in [0, 0.1) is 5.92 Å². The first-order valence-corrected chi connectivity index (χ1v) is 5.41. The summed E-state index contributed by atoms with van der Waals surface area (Å²) in [6.45, 7) is 4.59. The number of aliphatic hydroxyl groups is 1. The quantitative estimate of drug-likeness (QED) is 0.483. The van der Waals surface area contributed by atoms with Gasteiger partial charge in [0.25, 0.3) is 0 Å². The van der Waals surface area contributed by atoms with Gasteiger partial charge in [-0.1, -0.05) is 0 Å². The van der Waals surface area contributed by atoms with Crippen molar-refractivity contribution in [3.63, 3.8) is 0 Å². The molecule has 0 radical (unpaired) electrons. The Labute approximate surface area is 87.6 Å². The van der Waals surface area contributed by atoms with E-state index >= 15 is 0 Å². The summed E-state index contributed by atoms with van der Waals surface area (Å²) in [5.74, 6) is 0.301. The first kappa shape index (κ1) is 10.7. The predicted molar refractivity (Wildman–Crippen MR) is 55.9 cm³/mol. The van der Waals surface area contributed by atoms with Crippen molar-refractivity contribution in [2.75, 3.05) is 19.7 Å². The third-order valence-electron chi connectivity index (χ3n) is 2.15. The number of aliphatic hydroxyl groups excluding tert-OH is 1. The molecule has 72 valence electrons. The van der Waals surface area contributed by atoms with Crippen LogP contribution in [0.25, 0.3) is 0 Å². The molecule has 1 N–H and O–H groups in total. The lowest BCUT2D eigenvalue weighted by Gasteiger charge is -2.30. The molecule has 1 aliphatic rings. The Morgan fingerprint density at radius 1 is 1.75 bits per heavy atom. The predicted octanol–water partition coefficient (Wildman–Crippen LogP) is 1.40. The summed E-state index contributed by atoms with van der Waals surface area (Å²) in [6.07, 6.45) is 1.69. The summed E-state index contributed by atoms with van der Waals surface area (Å²) in [5, 5.41) is 9.54. The summed E-state index contributed by atoms with van der Waals surface area (Å²) in [5.41, 5.74) is 0. The average molecular weight is 285 g/mol. The van der Waals surface area contributed by atoms with Gasteiger partial charge in [0.15, 0.2) is 6.29 Å². The first-order valence-electron chi connectivity index (χ1n) is 4.44. The van der Waals surface area contributed by atoms with E-state index in [4.69, 9.17) is 4.74 Å². The molecule has 1 fully saturated rings. The fourth-order valence-corrected chi connectivity index (χ4v) is 2.35. The zero-order chi connectivity index (χ0) is 8.97. The van der Waals surface area contributed by atoms with Crippen LogP contribution >= 0.6 is 22.9 Å². The zero-order valence-electron chi connectivity index (χ0n) is 7.37. The van der Waals surface area contributed by atoms with Crippen LogP contribution in [0.2, 0.25) is 0 Å². The minimum atomic E-state index is -0.562. The summed E-state index contributed by atoms with van der Waals surface area (Å²) in [7, 11) is 0. The third kappa shape index (κ3) is 3.16. The van der Waals surface area contributed by atoms with Gasteiger partial charge in [-0.3, -0.25) is 0 Å². The minimum Gasteiger partial charge on any atom is -0.368 e. The normalized spacial score (nSPS) is 28.8. The molecule has 0 saturated carbocycles. The Morgan fingerprint density at radius 2 is 2.50 bits per heavy atom. The summed E-state index contributed by atoms with van der Waals surface area (Å²) >= 11 is 2.30. The van der Waals surface area contributed by atoms with Crippen LogP contribution in [-0.4, -0.2) is 34.2 Å². The standard InChI is InChI=1S/C8H16INO2/c1-2-12-8(11)7-4-3-5-10(9)6-7/h7-8,11H,2-6H2,1H3/t7-,8+/m1/s1. The van der Waals surface area contributed by atoms with Gasteiger partial charge in [-0.15, -0.1) is 0 Å². The van der Waals surface area contributed by atoms with Gasteiger partial charge in [0.2, 0.25) is 0 Å². The highest BCUT2D eigenvalue weighted by atomic mass is 127. The Morgan fingerprint density at radius 3 is 3.08 bits per heavy atom. The molecule has 0 aliphatic carbocycles. The number of nitrogens with zero attached hydrogens (tertiary/aromatic N) is 1. The second-order valence-corrected chi connectivity index (χ2v) is 4.48. The van der Waals surface area contributed by atoms with Gasteiger partial charge >= 0.3 is 0 Å². The molecular weight excluding hydrogens is 269 g/mol. The SMILES string of the molecule is CCO[C@H](O)[C@@H]1CCCN(I)C1. The van der Waals surface area contributed by atoms with Crippen molar-refractivity contribution in [3.8, 4) is 0 Å². The van der Waals surface area contributed by atoms with E-state index in [1.807, 2.05) is 6.92 Å². The fraction of sp³-hybridized carbons (Fsp3) is 1.00. The zero-order valence-corrected chi connectivity index (χ0v) is 9.53. The largest absolute Gasteiger partial charge is 0.368 e. The molecule has 4 heteroatoms. The molecule has 12 heavy (non-hydrogen) atoms. The van der Waals surface area contributed by atoms with Gasteiger partial charge in [0, 0.05) is 48.5 Å². The molecule has 0 aromatic heterocycles. The van der Waals surface area contributed by atoms with Crippen molar-refractivity contribution < 1.29 is 9.84 Å². The number of halogens is 1. The van der Waals surface area contributed by atoms with Gasteiger partial charge in [-0.2, -0.15) is 0 Å². The molecule has 0 spiro atoms. The van der Waals surface area contributed by atoms with Crippen LogP contribution in [0.1, 0.15) is 19.8 Å². The van der Waals surface area contributed by atoms with Crippen molar-refractivity contribution in [2.24, 2.45) is 5.92 Å². The molecule has 1 saturated heterocycles. The summed E-state index contributed by atoms with van der Waals surface area (Å²) < 4.78 is 7.37. The highest BCUT2D eigenvalue weighted by molar-refractivity contribution is 14.1. The maximum atomic E-state index is 9.54. The van der Waals surface area contributed by atoms with Gasteiger partial charge in [-0.05, 0) is 19.8 Å². The molecule has 1 rings (SSSR count). The number of hydrogen-bond acceptors (Lipinski definition) is 3. The van der Waals surface area contributed by atoms with Crippen LogP contribution < -0.4 is 0 Å². The molecule has 0 aromatic rings. The van der Waals surface area contributed by atoms with Crippen LogP contribution in [-0.2, 0) is 4.74 Å². The number of piperidine rings is 1. The van der Waals surface area contributed by atoms with Gasteiger partial charge in [0.1, 0.15) is 0 Å². The Hall–Kier alpha value is 0.610. The lowest BCUT2D eigenvalue weighted by atomic mass is 9.99. The summed E-state index contributed by atoms with van der Waals surface area (Å²) in [6, 6.07) is 0. The number of ether oxygens (including phenoxy) is 1. The second-order valence-electron chi connectivity index (χ2n) is 3.12. The molecule has 0 aromatic carbocycles. The van der Waals surface area contributed by atoms with Crippen LogP contribution in [0.4, 0.5) is 0 Å². The van der Waals surface area contributed by atoms with E-state index in [2.05, 4.69) is 26.0 Å². The van der Waals surface area contributed by atoms with Crippen LogP contribution in [0.15, 0.2) is 0 Å². The van der Waals surface area contributed by atoms with E-state index in [0.29, 0.717) is 12.5 Å². The Kier molecular flexibility index (Phi) is 4.78. The maximum absolute atomic E-state index is 9.54. The van der Waals surface area contributed by atoms with E-state index in [-0.39, 0.29) is 0 Å². The summed E-state index contributed by atoms with van der Waals surface area (Å²) in [4.78, 5) is 0. The molecule has 0 amide bonds. The minimum absolute atomic E-state index is 0.301. The average Bonchev–Trinajstić information content (AvgIpc) is 2.05. The van der Waals surface area contributed by atoms with Crippen molar-refractivity contribution in [1.82, 2.24) is 3.11 Å². The van der Waals surface area contributed by atoms with Crippen LogP contribution in [0.5, 0.6) is 0 Å². The second kappa shape index (κ2) is 5.36. The molecule has 0 unspecified atom stereocenters. The van der Waals surface area contributed by atoms with E-state index in [1.165, 1.54) is 0 Å². The van der Waals surface area contributed by atoms with E-state index in [0.717, 1.165) is 25.9 Å². The van der Waals surface area contributed by atoms with Crippen molar-refractivity contribution in [2.45, 2.75) is 26.1 Å². The van der Waals surface area contributed by atoms with Gasteiger partial charge in [-0.25, -0.2) is 3.11 Å². The van der Waals surface area contributed by atoms with Crippen LogP contribution in [0.3, 0.4) is 0 Å². The molecule has 1 heterocycles. The molecule has 2 atom stereocenters. The lowest BCUT2D eigenvalue weighted by Crippen LogP contribution is -2.36. The van der Waals surface area contributed by atoms with Crippen molar-refractivity contribution in [1.29, 1.82) is 0 Å². The maximum Gasteiger partial charge on any atom is 0.158 e. The lowest BCUT2D eigenvalue weighted by molar-refractivity contribution is -0.137. The number of hydrogen-bond donors (Lipinski definition) is 1. The van der Waals surface area contributed by atoms with Crippen molar-refractivity contribution >= 4 is 22.9 Å². The van der Waals surface area contributed by atoms with Crippen molar-refractivity contribution in [3.05, 3.63) is 0 Å². The van der Waals surface area contributed by atoms with E-state index in [9.17, 15) is 5.11 Å². The Balaban J connectivity index is 2.29. The van der Waals surface area contributed by atoms with E-state index < -0.39 is 6.29 Å². The smallest absolute Gasteiger partial charge is 0.158 e. The highest BCUT2D eigenvalue weighted by Crippen LogP contribution is 2.22.